The number of rotatable bonds is 2. The van der Waals surface area contributed by atoms with Gasteiger partial charge in [-0.05, 0) is 48.0 Å². The fourth-order valence-electron chi connectivity index (χ4n) is 3.72. The molecule has 5 rings (SSSR count). The molecule has 2 aliphatic rings. The maximum atomic E-state index is 13.4. The smallest absolute Gasteiger partial charge is 0.213 e. The summed E-state index contributed by atoms with van der Waals surface area (Å²) in [6.45, 7) is 0. The summed E-state index contributed by atoms with van der Waals surface area (Å²) in [5.74, 6) is 0.139. The summed E-state index contributed by atoms with van der Waals surface area (Å²) in [6.07, 6.45) is 0.150. The Kier molecular flexibility index (Phi) is 4.05. The van der Waals surface area contributed by atoms with Crippen molar-refractivity contribution in [1.29, 1.82) is 0 Å². The minimum atomic E-state index is -0.489. The van der Waals surface area contributed by atoms with E-state index in [1.807, 2.05) is 17.1 Å². The predicted octanol–water partition coefficient (Wildman–Crippen LogP) is 5.86. The molecule has 0 saturated heterocycles. The normalized spacial score (nSPS) is 20.2. The Balaban J connectivity index is 1.59. The van der Waals surface area contributed by atoms with Gasteiger partial charge in [0, 0.05) is 22.6 Å². The molecule has 28 heavy (non-hydrogen) atoms. The van der Waals surface area contributed by atoms with Crippen LogP contribution in [-0.4, -0.2) is 10.7 Å². The molecule has 0 aromatic heterocycles. The van der Waals surface area contributed by atoms with Crippen molar-refractivity contribution in [1.82, 2.24) is 5.01 Å². The van der Waals surface area contributed by atoms with Crippen LogP contribution in [0.15, 0.2) is 71.8 Å². The van der Waals surface area contributed by atoms with Gasteiger partial charge in [-0.1, -0.05) is 35.9 Å². The molecule has 0 fully saturated rings. The van der Waals surface area contributed by atoms with E-state index >= 15 is 0 Å². The second-order valence-electron chi connectivity index (χ2n) is 6.86. The van der Waals surface area contributed by atoms with Gasteiger partial charge in [-0.25, -0.2) is 13.8 Å². The molecule has 2 aliphatic heterocycles. The fraction of sp³-hybridized carbons (Fsp3) is 0.136. The number of nitrogens with zero attached hydrogens (tertiary/aromatic N) is 2. The molecule has 0 bridgehead atoms. The third kappa shape index (κ3) is 2.92. The maximum Gasteiger partial charge on any atom is 0.213 e. The highest BCUT2D eigenvalue weighted by atomic mass is 35.5. The van der Waals surface area contributed by atoms with Crippen molar-refractivity contribution in [2.45, 2.75) is 18.7 Å². The minimum Gasteiger partial charge on any atom is -0.464 e. The lowest BCUT2D eigenvalue weighted by Gasteiger charge is -2.38. The molecular weight excluding hydrogens is 382 g/mol. The van der Waals surface area contributed by atoms with E-state index in [1.165, 1.54) is 24.3 Å². The van der Waals surface area contributed by atoms with Crippen LogP contribution < -0.4 is 4.74 Å². The number of hydrogen-bond acceptors (Lipinski definition) is 3. The first kappa shape index (κ1) is 17.2. The number of hydrazone groups is 1. The second kappa shape index (κ2) is 6.60. The zero-order valence-corrected chi connectivity index (χ0v) is 15.4. The van der Waals surface area contributed by atoms with Crippen molar-refractivity contribution in [3.8, 4) is 5.75 Å². The van der Waals surface area contributed by atoms with Gasteiger partial charge in [0.1, 0.15) is 17.4 Å². The van der Waals surface area contributed by atoms with Gasteiger partial charge in [0.05, 0.1) is 11.8 Å². The lowest BCUT2D eigenvalue weighted by Crippen LogP contribution is -2.33. The van der Waals surface area contributed by atoms with Gasteiger partial charge < -0.3 is 4.74 Å². The second-order valence-corrected chi connectivity index (χ2v) is 7.29. The number of benzene rings is 3. The van der Waals surface area contributed by atoms with Gasteiger partial charge in [0.2, 0.25) is 6.23 Å². The molecule has 3 aromatic carbocycles. The van der Waals surface area contributed by atoms with E-state index in [4.69, 9.17) is 21.4 Å². The molecule has 0 N–H and O–H groups in total. The molecule has 3 nitrogen and oxygen atoms in total. The van der Waals surface area contributed by atoms with Gasteiger partial charge in [0.25, 0.3) is 0 Å². The lowest BCUT2D eigenvalue weighted by atomic mass is 9.96. The molecule has 0 spiro atoms. The highest BCUT2D eigenvalue weighted by Gasteiger charge is 2.41. The summed E-state index contributed by atoms with van der Waals surface area (Å²) in [5.41, 5.74) is 3.45. The average molecular weight is 397 g/mol. The molecule has 3 aromatic rings. The quantitative estimate of drug-likeness (QED) is 0.542. The number of halogens is 3. The van der Waals surface area contributed by atoms with Gasteiger partial charge in [-0.15, -0.1) is 0 Å². The predicted molar refractivity (Wildman–Crippen MR) is 103 cm³/mol. The molecule has 0 saturated carbocycles. The van der Waals surface area contributed by atoms with Gasteiger partial charge in [-0.2, -0.15) is 5.10 Å². The summed E-state index contributed by atoms with van der Waals surface area (Å²) >= 11 is 6.21. The van der Waals surface area contributed by atoms with Crippen molar-refractivity contribution in [2.24, 2.45) is 5.10 Å². The zero-order valence-electron chi connectivity index (χ0n) is 14.6. The van der Waals surface area contributed by atoms with Crippen LogP contribution in [0.4, 0.5) is 8.78 Å². The molecule has 0 aliphatic carbocycles. The first-order valence-corrected chi connectivity index (χ1v) is 9.29. The number of ether oxygens (including phenoxy) is 1. The summed E-state index contributed by atoms with van der Waals surface area (Å²) < 4.78 is 32.9. The Bertz CT molecular complexity index is 1070. The first-order chi connectivity index (χ1) is 13.6. The van der Waals surface area contributed by atoms with Gasteiger partial charge in [0.15, 0.2) is 0 Å². The van der Waals surface area contributed by atoms with E-state index in [1.54, 1.807) is 30.3 Å². The Morgan fingerprint density at radius 3 is 2.32 bits per heavy atom. The number of hydrogen-bond donors (Lipinski definition) is 0. The molecule has 0 amide bonds. The van der Waals surface area contributed by atoms with Crippen LogP contribution in [0, 0.1) is 11.6 Å². The largest absolute Gasteiger partial charge is 0.464 e. The Morgan fingerprint density at radius 2 is 1.61 bits per heavy atom. The fourth-order valence-corrected chi connectivity index (χ4v) is 3.90. The van der Waals surface area contributed by atoms with Crippen LogP contribution in [0.2, 0.25) is 5.02 Å². The molecule has 0 unspecified atom stereocenters. The molecule has 2 atom stereocenters. The van der Waals surface area contributed by atoms with E-state index in [9.17, 15) is 8.78 Å². The summed E-state index contributed by atoms with van der Waals surface area (Å²) in [7, 11) is 0. The summed E-state index contributed by atoms with van der Waals surface area (Å²) in [4.78, 5) is 0. The molecule has 6 heteroatoms. The molecule has 2 heterocycles. The highest BCUT2D eigenvalue weighted by molar-refractivity contribution is 6.30. The monoisotopic (exact) mass is 396 g/mol. The van der Waals surface area contributed by atoms with Crippen molar-refractivity contribution >= 4 is 17.3 Å². The maximum absolute atomic E-state index is 13.4. The van der Waals surface area contributed by atoms with E-state index in [0.29, 0.717) is 11.4 Å². The zero-order chi connectivity index (χ0) is 19.3. The van der Waals surface area contributed by atoms with Crippen LogP contribution in [0.1, 0.15) is 35.4 Å². The van der Waals surface area contributed by atoms with Crippen LogP contribution in [-0.2, 0) is 0 Å². The third-order valence-electron chi connectivity index (χ3n) is 5.08. The Morgan fingerprint density at radius 1 is 0.929 bits per heavy atom. The minimum absolute atomic E-state index is 0.0717. The lowest BCUT2D eigenvalue weighted by molar-refractivity contribution is -0.0190. The molecule has 0 radical (unpaired) electrons. The van der Waals surface area contributed by atoms with E-state index < -0.39 is 6.23 Å². The van der Waals surface area contributed by atoms with E-state index in [0.717, 1.165) is 28.2 Å². The van der Waals surface area contributed by atoms with Crippen LogP contribution >= 0.6 is 11.6 Å². The van der Waals surface area contributed by atoms with Crippen molar-refractivity contribution in [2.75, 3.05) is 0 Å². The van der Waals surface area contributed by atoms with E-state index in [2.05, 4.69) is 0 Å². The van der Waals surface area contributed by atoms with Crippen molar-refractivity contribution in [3.63, 3.8) is 0 Å². The van der Waals surface area contributed by atoms with E-state index in [-0.39, 0.29) is 17.7 Å². The molecule has 140 valence electrons. The summed E-state index contributed by atoms with van der Waals surface area (Å²) in [6, 6.07) is 18.0. The Labute approximate surface area is 165 Å². The SMILES string of the molecule is Fc1ccc(C2=NN3[C@@H](C2)c2cc(Cl)ccc2O[C@H]3c2ccc(F)cc2)cc1. The van der Waals surface area contributed by atoms with Crippen molar-refractivity contribution in [3.05, 3.63) is 100 Å². The van der Waals surface area contributed by atoms with Crippen LogP contribution in [0.3, 0.4) is 0 Å². The summed E-state index contributed by atoms with van der Waals surface area (Å²) in [5, 5.41) is 7.29. The standard InChI is InChI=1S/C22H15ClF2N2O/c23-15-5-10-21-18(11-15)20-12-19(13-1-6-16(24)7-2-13)26-27(20)22(28-21)14-3-8-17(25)9-4-14/h1-11,20,22H,12H2/t20-,22-/m0/s1. The van der Waals surface area contributed by atoms with Gasteiger partial charge in [-0.3, -0.25) is 0 Å². The van der Waals surface area contributed by atoms with Crippen LogP contribution in [0.5, 0.6) is 5.75 Å². The van der Waals surface area contributed by atoms with Crippen molar-refractivity contribution < 1.29 is 13.5 Å². The third-order valence-corrected chi connectivity index (χ3v) is 5.32. The van der Waals surface area contributed by atoms with Crippen LogP contribution in [0.25, 0.3) is 0 Å². The highest BCUT2D eigenvalue weighted by Crippen LogP contribution is 2.48. The van der Waals surface area contributed by atoms with Gasteiger partial charge >= 0.3 is 0 Å². The number of fused-ring (bicyclic) bond motifs is 3. The first-order valence-electron chi connectivity index (χ1n) is 8.92. The Hall–Kier alpha value is -2.92. The topological polar surface area (TPSA) is 24.8 Å². The average Bonchev–Trinajstić information content (AvgIpc) is 3.14. The molecular formula is C22H15ClF2N2O.